The first-order valence-corrected chi connectivity index (χ1v) is 7.98. The number of aryl methyl sites for hydroxylation is 1. The summed E-state index contributed by atoms with van der Waals surface area (Å²) in [4.78, 5) is 16.2. The average molecular weight is 335 g/mol. The van der Waals surface area contributed by atoms with Crippen molar-refractivity contribution in [2.45, 2.75) is 6.92 Å². The first-order valence-electron chi connectivity index (χ1n) is 7.10. The smallest absolute Gasteiger partial charge is 0.268 e. The molecule has 3 aromatic rings. The first kappa shape index (κ1) is 15.6. The molecule has 0 atom stereocenters. The molecule has 0 bridgehead atoms. The predicted octanol–water partition coefficient (Wildman–Crippen LogP) is 3.39. The summed E-state index contributed by atoms with van der Waals surface area (Å²) in [5, 5.41) is 21.0. The number of rotatable bonds is 4. The van der Waals surface area contributed by atoms with Gasteiger partial charge in [0.25, 0.3) is 5.91 Å². The molecule has 24 heavy (non-hydrogen) atoms. The molecule has 0 aliphatic rings. The third-order valence-electron chi connectivity index (χ3n) is 3.33. The molecule has 118 valence electrons. The number of aromatic nitrogens is 3. The van der Waals surface area contributed by atoms with E-state index in [0.29, 0.717) is 10.7 Å². The van der Waals surface area contributed by atoms with Crippen LogP contribution in [-0.2, 0) is 4.79 Å². The van der Waals surface area contributed by atoms with Crippen LogP contribution in [0.15, 0.2) is 47.6 Å². The largest absolute Gasteiger partial charge is 0.297 e. The van der Waals surface area contributed by atoms with Crippen molar-refractivity contribution >= 4 is 28.5 Å². The zero-order chi connectivity index (χ0) is 16.9. The van der Waals surface area contributed by atoms with Crippen molar-refractivity contribution in [2.24, 2.45) is 0 Å². The summed E-state index contributed by atoms with van der Waals surface area (Å²) >= 11 is 1.29. The third kappa shape index (κ3) is 3.39. The van der Waals surface area contributed by atoms with Crippen LogP contribution < -0.4 is 5.32 Å². The second kappa shape index (κ2) is 6.89. The van der Waals surface area contributed by atoms with Crippen LogP contribution in [0.5, 0.6) is 0 Å². The number of H-pyrrole nitrogens is 1. The van der Waals surface area contributed by atoms with E-state index in [9.17, 15) is 10.1 Å². The van der Waals surface area contributed by atoms with Crippen LogP contribution in [0.1, 0.15) is 11.1 Å². The van der Waals surface area contributed by atoms with Crippen molar-refractivity contribution in [1.82, 2.24) is 15.2 Å². The molecule has 6 nitrogen and oxygen atoms in total. The maximum Gasteiger partial charge on any atom is 0.268 e. The van der Waals surface area contributed by atoms with E-state index in [1.807, 2.05) is 37.3 Å². The topological polar surface area (TPSA) is 94.5 Å². The number of anilines is 1. The SMILES string of the molecule is Cc1ccc(-c2[nH]ncc2C=C(C#N)C(=O)Nc2nccs2)cc1. The third-order valence-corrected chi connectivity index (χ3v) is 4.02. The minimum Gasteiger partial charge on any atom is -0.297 e. The van der Waals surface area contributed by atoms with Crippen molar-refractivity contribution in [3.63, 3.8) is 0 Å². The van der Waals surface area contributed by atoms with Crippen molar-refractivity contribution in [3.05, 3.63) is 58.7 Å². The van der Waals surface area contributed by atoms with Crippen molar-refractivity contribution < 1.29 is 4.79 Å². The summed E-state index contributed by atoms with van der Waals surface area (Å²) in [5.74, 6) is -0.497. The minimum atomic E-state index is -0.497. The minimum absolute atomic E-state index is 0.0139. The number of carbonyl (C=O) groups is 1. The molecule has 0 saturated carbocycles. The van der Waals surface area contributed by atoms with Crippen LogP contribution in [0.25, 0.3) is 17.3 Å². The number of aromatic amines is 1. The van der Waals surface area contributed by atoms with Crippen molar-refractivity contribution in [3.8, 4) is 17.3 Å². The van der Waals surface area contributed by atoms with Crippen molar-refractivity contribution in [2.75, 3.05) is 5.32 Å². The van der Waals surface area contributed by atoms with Crippen LogP contribution in [0, 0.1) is 18.3 Å². The molecule has 0 unspecified atom stereocenters. The molecule has 0 fully saturated rings. The molecule has 2 heterocycles. The number of amides is 1. The highest BCUT2D eigenvalue weighted by atomic mass is 32.1. The Balaban J connectivity index is 1.89. The number of nitrogens with zero attached hydrogens (tertiary/aromatic N) is 3. The Labute approximate surface area is 142 Å². The van der Waals surface area contributed by atoms with Gasteiger partial charge in [-0.15, -0.1) is 11.3 Å². The molecule has 0 saturated heterocycles. The van der Waals surface area contributed by atoms with Gasteiger partial charge in [-0.2, -0.15) is 10.4 Å². The fourth-order valence-electron chi connectivity index (χ4n) is 2.11. The molecule has 1 aromatic carbocycles. The van der Waals surface area contributed by atoms with Gasteiger partial charge in [-0.05, 0) is 13.0 Å². The lowest BCUT2D eigenvalue weighted by molar-refractivity contribution is -0.112. The Morgan fingerprint density at radius 3 is 2.83 bits per heavy atom. The van der Waals surface area contributed by atoms with Gasteiger partial charge in [0.15, 0.2) is 5.13 Å². The Hall–Kier alpha value is -3.24. The van der Waals surface area contributed by atoms with Crippen molar-refractivity contribution in [1.29, 1.82) is 5.26 Å². The number of hydrogen-bond acceptors (Lipinski definition) is 5. The molecule has 3 rings (SSSR count). The predicted molar refractivity (Wildman–Crippen MR) is 93.1 cm³/mol. The molecular weight excluding hydrogens is 322 g/mol. The van der Waals surface area contributed by atoms with Gasteiger partial charge in [0, 0.05) is 22.7 Å². The average Bonchev–Trinajstić information content (AvgIpc) is 3.25. The second-order valence-corrected chi connectivity index (χ2v) is 5.92. The quantitative estimate of drug-likeness (QED) is 0.564. The Kier molecular flexibility index (Phi) is 4.50. The molecule has 1 amide bonds. The molecule has 0 radical (unpaired) electrons. The van der Waals surface area contributed by atoms with E-state index < -0.39 is 5.91 Å². The van der Waals surface area contributed by atoms with Gasteiger partial charge in [-0.3, -0.25) is 15.2 Å². The first-order chi connectivity index (χ1) is 11.7. The van der Waals surface area contributed by atoms with Gasteiger partial charge in [0.2, 0.25) is 0 Å². The zero-order valence-corrected chi connectivity index (χ0v) is 13.6. The molecule has 0 spiro atoms. The molecule has 7 heteroatoms. The van der Waals surface area contributed by atoms with E-state index in [-0.39, 0.29) is 5.57 Å². The van der Waals surface area contributed by atoms with Crippen LogP contribution in [0.3, 0.4) is 0 Å². The van der Waals surface area contributed by atoms with E-state index in [1.54, 1.807) is 17.8 Å². The Bertz CT molecular complexity index is 917. The summed E-state index contributed by atoms with van der Waals surface area (Å²) < 4.78 is 0. The number of carbonyl (C=O) groups excluding carboxylic acids is 1. The Morgan fingerprint density at radius 1 is 1.38 bits per heavy atom. The number of benzene rings is 1. The van der Waals surface area contributed by atoms with Crippen LogP contribution in [0.4, 0.5) is 5.13 Å². The molecule has 2 aromatic heterocycles. The maximum absolute atomic E-state index is 12.2. The fourth-order valence-corrected chi connectivity index (χ4v) is 2.63. The number of nitriles is 1. The molecule has 0 aliphatic carbocycles. The van der Waals surface area contributed by atoms with E-state index in [1.165, 1.54) is 17.4 Å². The number of thiazole rings is 1. The highest BCUT2D eigenvalue weighted by Crippen LogP contribution is 2.23. The highest BCUT2D eigenvalue weighted by molar-refractivity contribution is 7.13. The lowest BCUT2D eigenvalue weighted by Crippen LogP contribution is -2.13. The van der Waals surface area contributed by atoms with Gasteiger partial charge in [-0.25, -0.2) is 4.98 Å². The molecule has 2 N–H and O–H groups in total. The lowest BCUT2D eigenvalue weighted by atomic mass is 10.0. The summed E-state index contributed by atoms with van der Waals surface area (Å²) in [7, 11) is 0. The molecular formula is C17H13N5OS. The van der Waals surface area contributed by atoms with E-state index in [4.69, 9.17) is 0 Å². The van der Waals surface area contributed by atoms with Crippen LogP contribution >= 0.6 is 11.3 Å². The number of hydrogen-bond donors (Lipinski definition) is 2. The molecule has 0 aliphatic heterocycles. The van der Waals surface area contributed by atoms with Gasteiger partial charge in [0.1, 0.15) is 11.6 Å². The Morgan fingerprint density at radius 2 is 2.17 bits per heavy atom. The summed E-state index contributed by atoms with van der Waals surface area (Å²) in [5.41, 5.74) is 3.49. The van der Waals surface area contributed by atoms with Gasteiger partial charge in [0.05, 0.1) is 11.9 Å². The van der Waals surface area contributed by atoms with E-state index in [2.05, 4.69) is 20.5 Å². The summed E-state index contributed by atoms with van der Waals surface area (Å²) in [6, 6.07) is 9.83. The monoisotopic (exact) mass is 335 g/mol. The zero-order valence-electron chi connectivity index (χ0n) is 12.8. The highest BCUT2D eigenvalue weighted by Gasteiger charge is 2.13. The van der Waals surface area contributed by atoms with E-state index >= 15 is 0 Å². The van der Waals surface area contributed by atoms with E-state index in [0.717, 1.165) is 16.8 Å². The lowest BCUT2D eigenvalue weighted by Gasteiger charge is -2.02. The van der Waals surface area contributed by atoms with Crippen LogP contribution in [-0.4, -0.2) is 21.1 Å². The summed E-state index contributed by atoms with van der Waals surface area (Å²) in [6.45, 7) is 2.01. The standard InChI is InChI=1S/C17H13N5OS/c1-11-2-4-12(5-3-11)15-14(10-20-22-15)8-13(9-18)16(23)21-17-19-6-7-24-17/h2-8,10H,1H3,(H,20,22)(H,19,21,23). The normalized spacial score (nSPS) is 11.1. The van der Waals surface area contributed by atoms with Crippen LogP contribution in [0.2, 0.25) is 0 Å². The van der Waals surface area contributed by atoms with Gasteiger partial charge >= 0.3 is 0 Å². The van der Waals surface area contributed by atoms with Gasteiger partial charge in [-0.1, -0.05) is 29.8 Å². The maximum atomic E-state index is 12.2. The second-order valence-electron chi connectivity index (χ2n) is 5.03. The fraction of sp³-hybridized carbons (Fsp3) is 0.0588. The van der Waals surface area contributed by atoms with Gasteiger partial charge < -0.3 is 0 Å². The number of nitrogens with one attached hydrogen (secondary N) is 2. The summed E-state index contributed by atoms with van der Waals surface area (Å²) in [6.07, 6.45) is 4.69.